The molecule has 0 saturated carbocycles. The van der Waals surface area contributed by atoms with Gasteiger partial charge in [-0.25, -0.2) is 9.97 Å². The monoisotopic (exact) mass is 767 g/mol. The molecule has 0 spiro atoms. The van der Waals surface area contributed by atoms with Crippen molar-refractivity contribution in [2.24, 2.45) is 0 Å². The van der Waals surface area contributed by atoms with Gasteiger partial charge in [-0.3, -0.25) is 15.0 Å². The maximum Gasteiger partial charge on any atom is 0.160 e. The molecular weight excluding hydrogens is 731 g/mol. The molecule has 4 heterocycles. The highest BCUT2D eigenvalue weighted by molar-refractivity contribution is 5.85. The fourth-order valence-electron chi connectivity index (χ4n) is 7.62. The van der Waals surface area contributed by atoms with Crippen LogP contribution in [0.25, 0.3) is 101 Å². The first-order chi connectivity index (χ1) is 29.7. The van der Waals surface area contributed by atoms with Crippen LogP contribution in [-0.4, -0.2) is 24.9 Å². The third kappa shape index (κ3) is 7.76. The second-order valence-corrected chi connectivity index (χ2v) is 14.7. The molecule has 282 valence electrons. The minimum atomic E-state index is 0.653. The lowest BCUT2D eigenvalue weighted by atomic mass is 9.92. The van der Waals surface area contributed by atoms with Gasteiger partial charge in [0.1, 0.15) is 0 Å². The van der Waals surface area contributed by atoms with E-state index in [0.29, 0.717) is 5.82 Å². The standard InChI is InChI=1S/C55H37N5/c1-2-8-38(9-3-1)39-16-20-42(21-17-39)53-35-54(60-55(59-53)43-22-18-40(19-23-43)41-24-28-56-29-25-41)52-33-50(46-12-4-10-44(30-46)48-14-6-26-57-36-48)32-51(34-52)47-13-5-11-45(31-47)49-15-7-27-58-37-49/h1-37H. The maximum atomic E-state index is 5.33. The van der Waals surface area contributed by atoms with Crippen LogP contribution in [0, 0.1) is 0 Å². The highest BCUT2D eigenvalue weighted by Gasteiger charge is 2.15. The van der Waals surface area contributed by atoms with Crippen molar-refractivity contribution < 1.29 is 0 Å². The van der Waals surface area contributed by atoms with Crippen LogP contribution in [0.2, 0.25) is 0 Å². The Labute approximate surface area is 349 Å². The Morgan fingerprint density at radius 2 is 0.617 bits per heavy atom. The van der Waals surface area contributed by atoms with Gasteiger partial charge in [0.2, 0.25) is 0 Å². The van der Waals surface area contributed by atoms with Crippen molar-refractivity contribution in [2.45, 2.75) is 0 Å². The van der Waals surface area contributed by atoms with Gasteiger partial charge in [0.25, 0.3) is 0 Å². The Morgan fingerprint density at radius 1 is 0.217 bits per heavy atom. The van der Waals surface area contributed by atoms with E-state index >= 15 is 0 Å². The third-order valence-corrected chi connectivity index (χ3v) is 10.8. The van der Waals surface area contributed by atoms with Crippen molar-refractivity contribution in [1.29, 1.82) is 0 Å². The number of benzene rings is 6. The van der Waals surface area contributed by atoms with Gasteiger partial charge in [-0.15, -0.1) is 0 Å². The Morgan fingerprint density at radius 3 is 1.15 bits per heavy atom. The Kier molecular flexibility index (Phi) is 9.88. The van der Waals surface area contributed by atoms with Crippen molar-refractivity contribution in [2.75, 3.05) is 0 Å². The molecule has 0 saturated heterocycles. The van der Waals surface area contributed by atoms with Crippen LogP contribution in [0.5, 0.6) is 0 Å². The zero-order valence-corrected chi connectivity index (χ0v) is 32.6. The number of hydrogen-bond acceptors (Lipinski definition) is 5. The quantitative estimate of drug-likeness (QED) is 0.146. The van der Waals surface area contributed by atoms with Gasteiger partial charge < -0.3 is 0 Å². The Hall–Kier alpha value is -8.15. The van der Waals surface area contributed by atoms with Gasteiger partial charge in [-0.1, -0.05) is 127 Å². The molecule has 0 bridgehead atoms. The smallest absolute Gasteiger partial charge is 0.160 e. The molecular formula is C55H37N5. The largest absolute Gasteiger partial charge is 0.265 e. The summed E-state index contributed by atoms with van der Waals surface area (Å²) in [4.78, 5) is 23.5. The molecule has 60 heavy (non-hydrogen) atoms. The fraction of sp³-hybridized carbons (Fsp3) is 0. The van der Waals surface area contributed by atoms with E-state index in [1.165, 1.54) is 5.56 Å². The summed E-state index contributed by atoms with van der Waals surface area (Å²) in [6, 6.07) is 65.9. The lowest BCUT2D eigenvalue weighted by Gasteiger charge is -2.14. The van der Waals surface area contributed by atoms with E-state index in [2.05, 4.69) is 173 Å². The summed E-state index contributed by atoms with van der Waals surface area (Å²) in [7, 11) is 0. The van der Waals surface area contributed by atoms with Crippen LogP contribution in [0.4, 0.5) is 0 Å². The molecule has 6 aromatic carbocycles. The lowest BCUT2D eigenvalue weighted by Crippen LogP contribution is -1.97. The first-order valence-electron chi connectivity index (χ1n) is 19.9. The molecule has 5 heteroatoms. The SMILES string of the molecule is c1ccc(-c2ccc(-c3cc(-c4cc(-c5cccc(-c6cccnc6)c5)cc(-c5cccc(-c6cccnc6)c5)c4)nc(-c4ccc(-c5ccncc5)cc4)n3)cc2)cc1. The number of pyridine rings is 3. The first kappa shape index (κ1) is 36.2. The normalized spacial score (nSPS) is 11.0. The highest BCUT2D eigenvalue weighted by atomic mass is 14.9. The minimum absolute atomic E-state index is 0.653. The predicted octanol–water partition coefficient (Wildman–Crippen LogP) is 13.7. The summed E-state index contributed by atoms with van der Waals surface area (Å²) in [5.74, 6) is 0.653. The Bertz CT molecular complexity index is 2840. The van der Waals surface area contributed by atoms with Crippen LogP contribution in [0.1, 0.15) is 0 Å². The molecule has 4 aromatic heterocycles. The van der Waals surface area contributed by atoms with Crippen molar-refractivity contribution in [1.82, 2.24) is 24.9 Å². The summed E-state index contributed by atoms with van der Waals surface area (Å²) >= 11 is 0. The number of nitrogens with zero attached hydrogens (tertiary/aromatic N) is 5. The lowest BCUT2D eigenvalue weighted by molar-refractivity contribution is 1.18. The van der Waals surface area contributed by atoms with E-state index in [1.54, 1.807) is 12.4 Å². The van der Waals surface area contributed by atoms with Gasteiger partial charge in [0, 0.05) is 65.0 Å². The fourth-order valence-corrected chi connectivity index (χ4v) is 7.62. The second-order valence-electron chi connectivity index (χ2n) is 14.7. The van der Waals surface area contributed by atoms with E-state index in [0.717, 1.165) is 89.3 Å². The molecule has 0 aliphatic rings. The van der Waals surface area contributed by atoms with Crippen molar-refractivity contribution in [3.8, 4) is 101 Å². The number of hydrogen-bond donors (Lipinski definition) is 0. The van der Waals surface area contributed by atoms with Crippen molar-refractivity contribution >= 4 is 0 Å². The molecule has 10 aromatic rings. The molecule has 0 fully saturated rings. The number of aromatic nitrogens is 5. The van der Waals surface area contributed by atoms with E-state index in [9.17, 15) is 0 Å². The van der Waals surface area contributed by atoms with Crippen molar-refractivity contribution in [3.63, 3.8) is 0 Å². The van der Waals surface area contributed by atoms with Crippen LogP contribution < -0.4 is 0 Å². The summed E-state index contributed by atoms with van der Waals surface area (Å²) in [5, 5.41) is 0. The van der Waals surface area contributed by atoms with Gasteiger partial charge in [-0.05, 0) is 116 Å². The number of rotatable bonds is 9. The zero-order chi connectivity index (χ0) is 40.1. The highest BCUT2D eigenvalue weighted by Crippen LogP contribution is 2.37. The summed E-state index contributed by atoms with van der Waals surface area (Å²) in [5.41, 5.74) is 17.8. The van der Waals surface area contributed by atoms with E-state index < -0.39 is 0 Å². The predicted molar refractivity (Wildman–Crippen MR) is 244 cm³/mol. The molecule has 0 amide bonds. The van der Waals surface area contributed by atoms with E-state index in [-0.39, 0.29) is 0 Å². The van der Waals surface area contributed by atoms with E-state index in [4.69, 9.17) is 9.97 Å². The average Bonchev–Trinajstić information content (AvgIpc) is 3.35. The molecule has 0 radical (unpaired) electrons. The van der Waals surface area contributed by atoms with Gasteiger partial charge in [0.05, 0.1) is 11.4 Å². The second kappa shape index (κ2) is 16.4. The molecule has 0 unspecified atom stereocenters. The van der Waals surface area contributed by atoms with Gasteiger partial charge in [-0.2, -0.15) is 0 Å². The molecule has 10 rings (SSSR count). The third-order valence-electron chi connectivity index (χ3n) is 10.8. The topological polar surface area (TPSA) is 64.5 Å². The summed E-state index contributed by atoms with van der Waals surface area (Å²) in [6.07, 6.45) is 11.1. The maximum absolute atomic E-state index is 5.33. The molecule has 0 atom stereocenters. The van der Waals surface area contributed by atoms with Crippen LogP contribution in [0.3, 0.4) is 0 Å². The van der Waals surface area contributed by atoms with Crippen molar-refractivity contribution in [3.05, 3.63) is 225 Å². The minimum Gasteiger partial charge on any atom is -0.265 e. The Balaban J connectivity index is 1.14. The van der Waals surface area contributed by atoms with Crippen LogP contribution >= 0.6 is 0 Å². The first-order valence-corrected chi connectivity index (χ1v) is 19.9. The van der Waals surface area contributed by atoms with E-state index in [1.807, 2.05) is 55.1 Å². The van der Waals surface area contributed by atoms with Gasteiger partial charge >= 0.3 is 0 Å². The average molecular weight is 768 g/mol. The zero-order valence-electron chi connectivity index (χ0n) is 32.6. The molecule has 0 aliphatic heterocycles. The summed E-state index contributed by atoms with van der Waals surface area (Å²) in [6.45, 7) is 0. The molecule has 0 N–H and O–H groups in total. The molecule has 0 aliphatic carbocycles. The van der Waals surface area contributed by atoms with Gasteiger partial charge in [0.15, 0.2) is 5.82 Å². The van der Waals surface area contributed by atoms with Crippen LogP contribution in [0.15, 0.2) is 225 Å². The summed E-state index contributed by atoms with van der Waals surface area (Å²) < 4.78 is 0. The van der Waals surface area contributed by atoms with Crippen LogP contribution in [-0.2, 0) is 0 Å². The molecule has 5 nitrogen and oxygen atoms in total.